The molecule has 0 radical (unpaired) electrons. The van der Waals surface area contributed by atoms with E-state index in [1.54, 1.807) is 0 Å². The van der Waals surface area contributed by atoms with Gasteiger partial charge in [0.15, 0.2) is 17.4 Å². The fourth-order valence-electron chi connectivity index (χ4n) is 4.45. The van der Waals surface area contributed by atoms with Crippen molar-refractivity contribution >= 4 is 35.6 Å². The van der Waals surface area contributed by atoms with Gasteiger partial charge in [0, 0.05) is 39.4 Å². The number of benzene rings is 1. The van der Waals surface area contributed by atoms with Gasteiger partial charge >= 0.3 is 0 Å². The molecule has 2 atom stereocenters. The second kappa shape index (κ2) is 9.92. The number of hydrogen-bond donors (Lipinski definition) is 1. The van der Waals surface area contributed by atoms with Gasteiger partial charge in [-0.2, -0.15) is 0 Å². The lowest BCUT2D eigenvalue weighted by Crippen LogP contribution is -2.50. The molecule has 31 heavy (non-hydrogen) atoms. The van der Waals surface area contributed by atoms with Crippen LogP contribution in [0.3, 0.4) is 0 Å². The summed E-state index contributed by atoms with van der Waals surface area (Å²) in [5, 5.41) is 12.0. The Morgan fingerprint density at radius 2 is 1.97 bits per heavy atom. The SMILES string of the molecule is CN=C(NCc1nnc2ccccn12)N1CC2OCCN(Cc3ccccc3)C2C1.I. The van der Waals surface area contributed by atoms with Crippen LogP contribution >= 0.6 is 24.0 Å². The molecule has 1 aromatic carbocycles. The van der Waals surface area contributed by atoms with Gasteiger partial charge in [-0.3, -0.25) is 14.3 Å². The molecule has 3 aromatic rings. The first-order valence-corrected chi connectivity index (χ1v) is 10.5. The third-order valence-electron chi connectivity index (χ3n) is 5.95. The second-order valence-corrected chi connectivity index (χ2v) is 7.78. The summed E-state index contributed by atoms with van der Waals surface area (Å²) in [4.78, 5) is 9.35. The molecule has 164 valence electrons. The van der Waals surface area contributed by atoms with Gasteiger partial charge in [-0.1, -0.05) is 36.4 Å². The predicted octanol–water partition coefficient (Wildman–Crippen LogP) is 2.01. The van der Waals surface area contributed by atoms with Crippen LogP contribution in [0.25, 0.3) is 5.65 Å². The van der Waals surface area contributed by atoms with Gasteiger partial charge in [0.1, 0.15) is 0 Å². The van der Waals surface area contributed by atoms with Gasteiger partial charge in [-0.05, 0) is 17.7 Å². The molecular weight excluding hydrogens is 505 g/mol. The van der Waals surface area contributed by atoms with E-state index < -0.39 is 0 Å². The van der Waals surface area contributed by atoms with Gasteiger partial charge in [-0.25, -0.2) is 0 Å². The number of pyridine rings is 1. The third-order valence-corrected chi connectivity index (χ3v) is 5.95. The van der Waals surface area contributed by atoms with Crippen LogP contribution in [-0.4, -0.2) is 75.8 Å². The van der Waals surface area contributed by atoms with E-state index in [-0.39, 0.29) is 30.1 Å². The van der Waals surface area contributed by atoms with Crippen molar-refractivity contribution in [1.82, 2.24) is 29.7 Å². The summed E-state index contributed by atoms with van der Waals surface area (Å²) in [6, 6.07) is 16.9. The Bertz CT molecular complexity index is 1020. The van der Waals surface area contributed by atoms with Crippen molar-refractivity contribution < 1.29 is 4.74 Å². The van der Waals surface area contributed by atoms with E-state index in [1.165, 1.54) is 5.56 Å². The molecule has 2 aliphatic rings. The highest BCUT2D eigenvalue weighted by molar-refractivity contribution is 14.0. The average molecular weight is 533 g/mol. The number of aromatic nitrogens is 3. The number of halogens is 1. The molecule has 2 aromatic heterocycles. The molecule has 9 heteroatoms. The van der Waals surface area contributed by atoms with Gasteiger partial charge < -0.3 is 15.0 Å². The molecule has 2 fully saturated rings. The van der Waals surface area contributed by atoms with E-state index in [1.807, 2.05) is 35.8 Å². The molecule has 0 saturated carbocycles. The molecule has 8 nitrogen and oxygen atoms in total. The van der Waals surface area contributed by atoms with Crippen LogP contribution in [0.2, 0.25) is 0 Å². The lowest BCUT2D eigenvalue weighted by atomic mass is 10.1. The highest BCUT2D eigenvalue weighted by Gasteiger charge is 2.41. The number of rotatable bonds is 4. The number of ether oxygens (including phenoxy) is 1. The number of guanidine groups is 1. The molecule has 0 spiro atoms. The van der Waals surface area contributed by atoms with Crippen LogP contribution in [0.5, 0.6) is 0 Å². The predicted molar refractivity (Wildman–Crippen MR) is 131 cm³/mol. The first kappa shape index (κ1) is 22.0. The number of hydrogen-bond acceptors (Lipinski definition) is 5. The Labute approximate surface area is 199 Å². The molecular formula is C22H28IN7O. The lowest BCUT2D eigenvalue weighted by molar-refractivity contribution is -0.0502. The molecule has 0 aliphatic carbocycles. The quantitative estimate of drug-likeness (QED) is 0.315. The minimum Gasteiger partial charge on any atom is -0.373 e. The Balaban J connectivity index is 0.00000231. The maximum Gasteiger partial charge on any atom is 0.194 e. The zero-order chi connectivity index (χ0) is 20.3. The number of nitrogens with zero attached hydrogens (tertiary/aromatic N) is 6. The van der Waals surface area contributed by atoms with Crippen molar-refractivity contribution in [2.24, 2.45) is 4.99 Å². The number of fused-ring (bicyclic) bond motifs is 2. The fourth-order valence-corrected chi connectivity index (χ4v) is 4.45. The molecule has 2 unspecified atom stereocenters. The van der Waals surface area contributed by atoms with Crippen LogP contribution in [0.15, 0.2) is 59.7 Å². The Morgan fingerprint density at radius 1 is 1.13 bits per heavy atom. The van der Waals surface area contributed by atoms with E-state index in [4.69, 9.17) is 4.74 Å². The van der Waals surface area contributed by atoms with Gasteiger partial charge in [0.25, 0.3) is 0 Å². The fraction of sp³-hybridized carbons (Fsp3) is 0.409. The second-order valence-electron chi connectivity index (χ2n) is 7.78. The zero-order valence-electron chi connectivity index (χ0n) is 17.6. The van der Waals surface area contributed by atoms with Gasteiger partial charge in [0.05, 0.1) is 25.3 Å². The van der Waals surface area contributed by atoms with E-state index in [9.17, 15) is 0 Å². The first-order chi connectivity index (χ1) is 14.8. The zero-order valence-corrected chi connectivity index (χ0v) is 19.9. The number of morpholine rings is 1. The smallest absolute Gasteiger partial charge is 0.194 e. The normalized spacial score (nSPS) is 21.7. The molecule has 2 aliphatic heterocycles. The highest BCUT2D eigenvalue weighted by Crippen LogP contribution is 2.24. The van der Waals surface area contributed by atoms with E-state index in [0.29, 0.717) is 12.6 Å². The molecule has 0 amide bonds. The minimum atomic E-state index is 0. The highest BCUT2D eigenvalue weighted by atomic mass is 127. The van der Waals surface area contributed by atoms with Crippen LogP contribution in [-0.2, 0) is 17.8 Å². The molecule has 1 N–H and O–H groups in total. The number of likely N-dealkylation sites (tertiary alicyclic amines) is 1. The maximum atomic E-state index is 6.11. The van der Waals surface area contributed by atoms with E-state index in [2.05, 4.69) is 60.6 Å². The summed E-state index contributed by atoms with van der Waals surface area (Å²) in [6.07, 6.45) is 2.18. The van der Waals surface area contributed by atoms with Crippen molar-refractivity contribution in [1.29, 1.82) is 0 Å². The molecule has 4 heterocycles. The summed E-state index contributed by atoms with van der Waals surface area (Å²) in [5.74, 6) is 1.74. The Morgan fingerprint density at radius 3 is 2.81 bits per heavy atom. The van der Waals surface area contributed by atoms with Crippen LogP contribution < -0.4 is 5.32 Å². The minimum absolute atomic E-state index is 0. The van der Waals surface area contributed by atoms with Crippen LogP contribution in [0.1, 0.15) is 11.4 Å². The summed E-state index contributed by atoms with van der Waals surface area (Å²) >= 11 is 0. The Kier molecular flexibility index (Phi) is 7.03. The summed E-state index contributed by atoms with van der Waals surface area (Å²) in [5.41, 5.74) is 2.19. The van der Waals surface area contributed by atoms with Crippen LogP contribution in [0, 0.1) is 0 Å². The van der Waals surface area contributed by atoms with Gasteiger partial charge in [0.2, 0.25) is 0 Å². The van der Waals surface area contributed by atoms with Gasteiger partial charge in [-0.15, -0.1) is 34.2 Å². The monoisotopic (exact) mass is 533 g/mol. The molecule has 0 bridgehead atoms. The van der Waals surface area contributed by atoms with Crippen molar-refractivity contribution in [2.75, 3.05) is 33.3 Å². The summed E-state index contributed by atoms with van der Waals surface area (Å²) < 4.78 is 8.10. The lowest BCUT2D eigenvalue weighted by Gasteiger charge is -2.36. The third kappa shape index (κ3) is 4.68. The van der Waals surface area contributed by atoms with Crippen molar-refractivity contribution in [3.05, 3.63) is 66.1 Å². The largest absolute Gasteiger partial charge is 0.373 e. The van der Waals surface area contributed by atoms with E-state index in [0.717, 1.165) is 50.2 Å². The molecule has 5 rings (SSSR count). The standard InChI is InChI=1S/C22H27N7O.HI/c1-23-22(24-13-21-26-25-20-9-5-6-10-29(20)21)28-15-18-19(16-28)30-12-11-27(18)14-17-7-3-2-4-8-17;/h2-10,18-19H,11-16H2,1H3,(H,23,24);1H. The van der Waals surface area contributed by atoms with Crippen molar-refractivity contribution in [2.45, 2.75) is 25.2 Å². The van der Waals surface area contributed by atoms with Crippen molar-refractivity contribution in [3.8, 4) is 0 Å². The van der Waals surface area contributed by atoms with Crippen LogP contribution in [0.4, 0.5) is 0 Å². The van der Waals surface area contributed by atoms with Crippen molar-refractivity contribution in [3.63, 3.8) is 0 Å². The average Bonchev–Trinajstić information content (AvgIpc) is 3.40. The Hall–Kier alpha value is -2.24. The summed E-state index contributed by atoms with van der Waals surface area (Å²) in [7, 11) is 1.83. The first-order valence-electron chi connectivity index (χ1n) is 10.5. The maximum absolute atomic E-state index is 6.11. The summed E-state index contributed by atoms with van der Waals surface area (Å²) in [6.45, 7) is 5.00. The topological polar surface area (TPSA) is 70.3 Å². The molecule has 2 saturated heterocycles. The number of nitrogens with one attached hydrogen (secondary N) is 1. The number of aliphatic imine (C=N–C) groups is 1. The van der Waals surface area contributed by atoms with E-state index >= 15 is 0 Å².